The minimum Gasteiger partial charge on any atom is -0.508 e. The number of pyridine rings is 1. The summed E-state index contributed by atoms with van der Waals surface area (Å²) in [6.45, 7) is 3.89. The van der Waals surface area contributed by atoms with E-state index in [2.05, 4.69) is 40.6 Å². The summed E-state index contributed by atoms with van der Waals surface area (Å²) in [4.78, 5) is 18.0. The number of thioether (sulfide) groups is 1. The summed E-state index contributed by atoms with van der Waals surface area (Å²) in [6.07, 6.45) is 1.81. The van der Waals surface area contributed by atoms with Gasteiger partial charge in [0.15, 0.2) is 0 Å². The van der Waals surface area contributed by atoms with Crippen LogP contribution in [0.5, 0.6) is 5.75 Å². The first-order valence-electron chi connectivity index (χ1n) is 9.70. The lowest BCUT2D eigenvalue weighted by Crippen LogP contribution is -2.35. The molecule has 0 saturated carbocycles. The molecule has 5 nitrogen and oxygen atoms in total. The van der Waals surface area contributed by atoms with E-state index in [1.165, 1.54) is 0 Å². The van der Waals surface area contributed by atoms with E-state index in [-0.39, 0.29) is 11.7 Å². The number of nitrogens with one attached hydrogen (secondary N) is 2. The van der Waals surface area contributed by atoms with Gasteiger partial charge in [-0.25, -0.2) is 0 Å². The van der Waals surface area contributed by atoms with Crippen LogP contribution in [0.15, 0.2) is 96.5 Å². The fraction of sp³-hybridized carbons (Fsp3) is 0.0400. The molecule has 3 N–H and O–H groups in total. The van der Waals surface area contributed by atoms with Crippen LogP contribution in [0, 0.1) is 0 Å². The van der Waals surface area contributed by atoms with Crippen molar-refractivity contribution >= 4 is 34.3 Å². The second-order valence-electron chi connectivity index (χ2n) is 6.92. The molecule has 0 fully saturated rings. The number of hydrogen-bond acceptors (Lipinski definition) is 5. The number of phenolic OH excluding ortho intramolecular Hbond substituents is 1. The molecule has 0 radical (unpaired) electrons. The summed E-state index contributed by atoms with van der Waals surface area (Å²) in [7, 11) is 0. The third kappa shape index (κ3) is 5.05. The Kier molecular flexibility index (Phi) is 6.19. The smallest absolute Gasteiger partial charge is 0.269 e. The molecule has 0 atom stereocenters. The second kappa shape index (κ2) is 9.36. The molecule has 0 saturated heterocycles. The molecule has 6 heteroatoms. The van der Waals surface area contributed by atoms with Crippen LogP contribution in [0.4, 0.5) is 0 Å². The van der Waals surface area contributed by atoms with Gasteiger partial charge in [-0.15, -0.1) is 11.8 Å². The fourth-order valence-electron chi connectivity index (χ4n) is 3.05. The SMILES string of the molecule is C=C(NNC(=O)c1ccc(CSc2cccc3cccnc23)cc1)c1ccc(O)cc1. The number of amides is 1. The maximum atomic E-state index is 12.4. The minimum absolute atomic E-state index is 0.176. The first-order valence-corrected chi connectivity index (χ1v) is 10.7. The van der Waals surface area contributed by atoms with Crippen LogP contribution in [0.3, 0.4) is 0 Å². The third-order valence-electron chi connectivity index (χ3n) is 4.75. The Hall–Kier alpha value is -3.77. The number of carbonyl (C=O) groups is 1. The molecule has 31 heavy (non-hydrogen) atoms. The molecule has 154 valence electrons. The van der Waals surface area contributed by atoms with E-state index in [9.17, 15) is 9.90 Å². The topological polar surface area (TPSA) is 74.2 Å². The molecule has 0 unspecified atom stereocenters. The number of aromatic nitrogens is 1. The third-order valence-corrected chi connectivity index (χ3v) is 5.87. The van der Waals surface area contributed by atoms with Crippen LogP contribution < -0.4 is 10.9 Å². The van der Waals surface area contributed by atoms with E-state index < -0.39 is 0 Å². The van der Waals surface area contributed by atoms with Crippen molar-refractivity contribution in [2.75, 3.05) is 0 Å². The molecule has 1 amide bonds. The van der Waals surface area contributed by atoms with Crippen LogP contribution in [-0.4, -0.2) is 16.0 Å². The molecule has 0 spiro atoms. The number of rotatable bonds is 7. The molecular formula is C25H21N3O2S. The predicted octanol–water partition coefficient (Wildman–Crippen LogP) is 5.14. The van der Waals surface area contributed by atoms with Gasteiger partial charge in [0.05, 0.1) is 11.2 Å². The van der Waals surface area contributed by atoms with Crippen LogP contribution >= 0.6 is 11.8 Å². The van der Waals surface area contributed by atoms with Gasteiger partial charge in [-0.1, -0.05) is 36.9 Å². The summed E-state index contributed by atoms with van der Waals surface area (Å²) in [5.74, 6) is 0.709. The number of fused-ring (bicyclic) bond motifs is 1. The van der Waals surface area contributed by atoms with Crippen molar-refractivity contribution in [1.82, 2.24) is 15.8 Å². The Morgan fingerprint density at radius 3 is 2.39 bits per heavy atom. The molecule has 0 aliphatic rings. The van der Waals surface area contributed by atoms with E-state index in [0.717, 1.165) is 32.7 Å². The highest BCUT2D eigenvalue weighted by molar-refractivity contribution is 7.98. The van der Waals surface area contributed by atoms with Gasteiger partial charge >= 0.3 is 0 Å². The number of hydrogen-bond donors (Lipinski definition) is 3. The molecule has 0 aliphatic carbocycles. The van der Waals surface area contributed by atoms with Gasteiger partial charge in [0, 0.05) is 27.8 Å². The van der Waals surface area contributed by atoms with E-state index in [1.54, 1.807) is 48.2 Å². The van der Waals surface area contributed by atoms with Crippen LogP contribution in [0.1, 0.15) is 21.5 Å². The maximum Gasteiger partial charge on any atom is 0.269 e. The van der Waals surface area contributed by atoms with Crippen molar-refractivity contribution in [3.63, 3.8) is 0 Å². The van der Waals surface area contributed by atoms with Crippen molar-refractivity contribution in [3.8, 4) is 5.75 Å². The first kappa shape index (κ1) is 20.5. The standard InChI is InChI=1S/C25H21N3O2S/c1-17(19-11-13-22(29)14-12-19)27-28-25(30)21-9-7-18(8-10-21)16-31-23-6-2-4-20-5-3-15-26-24(20)23/h2-15,27,29H,1,16H2,(H,28,30). The van der Waals surface area contributed by atoms with E-state index >= 15 is 0 Å². The number of nitrogens with zero attached hydrogens (tertiary/aromatic N) is 1. The Balaban J connectivity index is 1.33. The average molecular weight is 428 g/mol. The van der Waals surface area contributed by atoms with Gasteiger partial charge < -0.3 is 5.11 Å². The molecule has 3 aromatic carbocycles. The van der Waals surface area contributed by atoms with Gasteiger partial charge in [-0.05, 0) is 59.7 Å². The second-order valence-corrected chi connectivity index (χ2v) is 7.94. The van der Waals surface area contributed by atoms with Crippen LogP contribution in [0.2, 0.25) is 0 Å². The zero-order valence-electron chi connectivity index (χ0n) is 16.7. The molecular weight excluding hydrogens is 406 g/mol. The Bertz CT molecular complexity index is 1220. The van der Waals surface area contributed by atoms with Gasteiger partial charge in [0.2, 0.25) is 0 Å². The lowest BCUT2D eigenvalue weighted by molar-refractivity contribution is 0.0942. The average Bonchev–Trinajstić information content (AvgIpc) is 2.81. The fourth-order valence-corrected chi connectivity index (χ4v) is 4.04. The van der Waals surface area contributed by atoms with Crippen molar-refractivity contribution in [1.29, 1.82) is 0 Å². The monoisotopic (exact) mass is 427 g/mol. The lowest BCUT2D eigenvalue weighted by Gasteiger charge is -2.12. The normalized spacial score (nSPS) is 10.6. The van der Waals surface area contributed by atoms with Gasteiger partial charge in [-0.2, -0.15) is 0 Å². The highest BCUT2D eigenvalue weighted by Crippen LogP contribution is 2.28. The molecule has 4 aromatic rings. The number of aromatic hydroxyl groups is 1. The van der Waals surface area contributed by atoms with Crippen LogP contribution in [0.25, 0.3) is 16.6 Å². The van der Waals surface area contributed by atoms with Gasteiger partial charge in [0.25, 0.3) is 5.91 Å². The van der Waals surface area contributed by atoms with E-state index in [0.29, 0.717) is 11.3 Å². The molecule has 1 heterocycles. The number of benzene rings is 3. The summed E-state index contributed by atoms with van der Waals surface area (Å²) in [5, 5.41) is 10.5. The van der Waals surface area contributed by atoms with Crippen molar-refractivity contribution in [2.24, 2.45) is 0 Å². The van der Waals surface area contributed by atoms with Crippen molar-refractivity contribution in [2.45, 2.75) is 10.6 Å². The Morgan fingerprint density at radius 2 is 1.61 bits per heavy atom. The number of phenols is 1. The Labute approximate surface area is 184 Å². The zero-order chi connectivity index (χ0) is 21.6. The number of hydrazine groups is 1. The van der Waals surface area contributed by atoms with Crippen LogP contribution in [-0.2, 0) is 5.75 Å². The van der Waals surface area contributed by atoms with Crippen molar-refractivity contribution < 1.29 is 9.90 Å². The molecule has 1 aromatic heterocycles. The summed E-state index contributed by atoms with van der Waals surface area (Å²) < 4.78 is 0. The molecule has 4 rings (SSSR count). The first-order chi connectivity index (χ1) is 15.1. The summed E-state index contributed by atoms with van der Waals surface area (Å²) >= 11 is 1.73. The van der Waals surface area contributed by atoms with Crippen molar-refractivity contribution in [3.05, 3.63) is 108 Å². The minimum atomic E-state index is -0.252. The zero-order valence-corrected chi connectivity index (χ0v) is 17.5. The predicted molar refractivity (Wildman–Crippen MR) is 125 cm³/mol. The highest BCUT2D eigenvalue weighted by Gasteiger charge is 2.07. The number of para-hydroxylation sites is 1. The molecule has 0 aliphatic heterocycles. The quantitative estimate of drug-likeness (QED) is 0.281. The Morgan fingerprint density at radius 1 is 0.903 bits per heavy atom. The number of carbonyl (C=O) groups excluding carboxylic acids is 1. The highest BCUT2D eigenvalue weighted by atomic mass is 32.2. The molecule has 0 bridgehead atoms. The lowest BCUT2D eigenvalue weighted by atomic mass is 10.1. The maximum absolute atomic E-state index is 12.4. The summed E-state index contributed by atoms with van der Waals surface area (Å²) in [6, 6.07) is 24.3. The van der Waals surface area contributed by atoms with Gasteiger partial charge in [0.1, 0.15) is 5.75 Å². The largest absolute Gasteiger partial charge is 0.508 e. The van der Waals surface area contributed by atoms with Gasteiger partial charge in [-0.3, -0.25) is 20.6 Å². The van der Waals surface area contributed by atoms with E-state index in [1.807, 2.05) is 30.5 Å². The van der Waals surface area contributed by atoms with E-state index in [4.69, 9.17) is 0 Å². The summed E-state index contributed by atoms with van der Waals surface area (Å²) in [5.41, 5.74) is 9.43.